The number of hydrogen-bond donors (Lipinski definition) is 1. The molecule has 32 heavy (non-hydrogen) atoms. The summed E-state index contributed by atoms with van der Waals surface area (Å²) in [6.07, 6.45) is 5.07. The zero-order valence-electron chi connectivity index (χ0n) is 18.1. The minimum atomic E-state index is -0.225. The van der Waals surface area contributed by atoms with Crippen molar-refractivity contribution in [2.24, 2.45) is 0 Å². The van der Waals surface area contributed by atoms with Crippen LogP contribution >= 0.6 is 0 Å². The van der Waals surface area contributed by atoms with E-state index in [4.69, 9.17) is 4.74 Å². The first-order valence-corrected chi connectivity index (χ1v) is 11.2. The molecular formula is C27H28N2O3. The smallest absolute Gasteiger partial charge is 0.262 e. The number of ketones is 1. The Labute approximate surface area is 189 Å². The number of hydrogen-bond acceptors (Lipinski definition) is 4. The van der Waals surface area contributed by atoms with Gasteiger partial charge in [0.2, 0.25) is 0 Å². The summed E-state index contributed by atoms with van der Waals surface area (Å²) in [6, 6.07) is 24.0. The van der Waals surface area contributed by atoms with Crippen molar-refractivity contribution in [2.75, 3.05) is 29.9 Å². The first-order chi connectivity index (χ1) is 15.7. The summed E-state index contributed by atoms with van der Waals surface area (Å²) in [7, 11) is 0. The van der Waals surface area contributed by atoms with Crippen LogP contribution in [0.2, 0.25) is 0 Å². The number of nitrogens with zero attached hydrogens (tertiary/aromatic N) is 1. The van der Waals surface area contributed by atoms with Crippen LogP contribution in [0.5, 0.6) is 5.75 Å². The Morgan fingerprint density at radius 1 is 0.750 bits per heavy atom. The molecule has 1 aliphatic heterocycles. The highest BCUT2D eigenvalue weighted by molar-refractivity contribution is 6.09. The third kappa shape index (κ3) is 5.76. The number of carbonyl (C=O) groups excluding carboxylic acids is 2. The van der Waals surface area contributed by atoms with Crippen molar-refractivity contribution in [1.29, 1.82) is 0 Å². The highest BCUT2D eigenvalue weighted by atomic mass is 16.5. The van der Waals surface area contributed by atoms with Gasteiger partial charge in [-0.05, 0) is 61.4 Å². The number of amides is 1. The Morgan fingerprint density at radius 3 is 2.03 bits per heavy atom. The van der Waals surface area contributed by atoms with Gasteiger partial charge in [0.05, 0.1) is 0 Å². The van der Waals surface area contributed by atoms with E-state index in [2.05, 4.69) is 22.3 Å². The first-order valence-electron chi connectivity index (χ1n) is 11.2. The van der Waals surface area contributed by atoms with E-state index in [9.17, 15) is 9.59 Å². The summed E-state index contributed by atoms with van der Waals surface area (Å²) in [5, 5.41) is 2.87. The molecule has 1 heterocycles. The van der Waals surface area contributed by atoms with Gasteiger partial charge >= 0.3 is 0 Å². The number of carbonyl (C=O) groups is 2. The van der Waals surface area contributed by atoms with Crippen LogP contribution in [0.25, 0.3) is 0 Å². The molecule has 5 nitrogen and oxygen atoms in total. The highest BCUT2D eigenvalue weighted by Gasteiger charge is 2.11. The van der Waals surface area contributed by atoms with Gasteiger partial charge in [0.15, 0.2) is 12.4 Å². The highest BCUT2D eigenvalue weighted by Crippen LogP contribution is 2.22. The molecule has 3 aromatic rings. The molecule has 1 aliphatic rings. The van der Waals surface area contributed by atoms with E-state index in [1.54, 1.807) is 36.4 Å². The van der Waals surface area contributed by atoms with Crippen molar-refractivity contribution in [3.63, 3.8) is 0 Å². The lowest BCUT2D eigenvalue weighted by Crippen LogP contribution is -2.24. The molecule has 5 heteroatoms. The summed E-state index contributed by atoms with van der Waals surface area (Å²) in [6.45, 7) is 2.09. The molecular weight excluding hydrogens is 400 g/mol. The summed E-state index contributed by atoms with van der Waals surface area (Å²) < 4.78 is 5.58. The molecule has 0 bridgehead atoms. The molecule has 0 radical (unpaired) electrons. The fraction of sp³-hybridized carbons (Fsp3) is 0.259. The molecule has 4 rings (SSSR count). The molecule has 0 atom stereocenters. The predicted molar refractivity (Wildman–Crippen MR) is 128 cm³/mol. The van der Waals surface area contributed by atoms with E-state index in [1.807, 2.05) is 30.3 Å². The average Bonchev–Trinajstić information content (AvgIpc) is 3.13. The van der Waals surface area contributed by atoms with Gasteiger partial charge in [-0.1, -0.05) is 43.2 Å². The van der Waals surface area contributed by atoms with Crippen LogP contribution in [0.4, 0.5) is 11.4 Å². The quantitative estimate of drug-likeness (QED) is 0.518. The van der Waals surface area contributed by atoms with E-state index in [0.717, 1.165) is 18.8 Å². The van der Waals surface area contributed by atoms with Gasteiger partial charge in [0.25, 0.3) is 5.91 Å². The van der Waals surface area contributed by atoms with Crippen LogP contribution in [-0.2, 0) is 4.79 Å². The van der Waals surface area contributed by atoms with Crippen LogP contribution in [-0.4, -0.2) is 31.4 Å². The monoisotopic (exact) mass is 428 g/mol. The van der Waals surface area contributed by atoms with Gasteiger partial charge < -0.3 is 15.0 Å². The summed E-state index contributed by atoms with van der Waals surface area (Å²) in [5.41, 5.74) is 3.17. The maximum absolute atomic E-state index is 12.5. The third-order valence-electron chi connectivity index (χ3n) is 5.64. The molecule has 1 N–H and O–H groups in total. The van der Waals surface area contributed by atoms with Gasteiger partial charge in [-0.2, -0.15) is 0 Å². The summed E-state index contributed by atoms with van der Waals surface area (Å²) in [5.74, 6) is 0.275. The second kappa shape index (κ2) is 10.6. The average molecular weight is 429 g/mol. The van der Waals surface area contributed by atoms with Gasteiger partial charge in [0, 0.05) is 35.6 Å². The van der Waals surface area contributed by atoms with Crippen molar-refractivity contribution >= 4 is 23.1 Å². The van der Waals surface area contributed by atoms with E-state index in [1.165, 1.54) is 31.4 Å². The predicted octanol–water partition coefficient (Wildman–Crippen LogP) is 5.32. The Balaban J connectivity index is 1.27. The molecule has 1 amide bonds. The molecule has 3 aromatic carbocycles. The number of nitrogens with one attached hydrogen (secondary N) is 1. The normalized spacial score (nSPS) is 13.8. The maximum atomic E-state index is 12.5. The molecule has 0 unspecified atom stereocenters. The Hall–Kier alpha value is -3.60. The Bertz CT molecular complexity index is 1020. The van der Waals surface area contributed by atoms with E-state index < -0.39 is 0 Å². The second-order valence-electron chi connectivity index (χ2n) is 8.00. The lowest BCUT2D eigenvalue weighted by atomic mass is 10.0. The SMILES string of the molecule is O=C(COc1ccc(C(=O)c2ccccc2)cc1)Nc1ccc(N2CCCCCC2)cc1. The molecule has 0 aliphatic carbocycles. The van der Waals surface area contributed by atoms with Crippen LogP contribution in [0, 0.1) is 0 Å². The minimum Gasteiger partial charge on any atom is -0.484 e. The molecule has 0 aromatic heterocycles. The van der Waals surface area contributed by atoms with Crippen molar-refractivity contribution in [3.05, 3.63) is 90.0 Å². The van der Waals surface area contributed by atoms with Crippen molar-refractivity contribution in [2.45, 2.75) is 25.7 Å². The maximum Gasteiger partial charge on any atom is 0.262 e. The second-order valence-corrected chi connectivity index (χ2v) is 8.00. The minimum absolute atomic E-state index is 0.0430. The van der Waals surface area contributed by atoms with Gasteiger partial charge in [0.1, 0.15) is 5.75 Å². The number of anilines is 2. The van der Waals surface area contributed by atoms with E-state index in [-0.39, 0.29) is 18.3 Å². The lowest BCUT2D eigenvalue weighted by Gasteiger charge is -2.22. The largest absolute Gasteiger partial charge is 0.484 e. The van der Waals surface area contributed by atoms with Crippen LogP contribution in [0.3, 0.4) is 0 Å². The molecule has 0 saturated carbocycles. The van der Waals surface area contributed by atoms with Crippen LogP contribution in [0.15, 0.2) is 78.9 Å². The Morgan fingerprint density at radius 2 is 1.38 bits per heavy atom. The Kier molecular flexibility index (Phi) is 7.18. The van der Waals surface area contributed by atoms with Crippen molar-refractivity contribution in [3.8, 4) is 5.75 Å². The van der Waals surface area contributed by atoms with Gasteiger partial charge in [-0.25, -0.2) is 0 Å². The number of rotatable bonds is 7. The fourth-order valence-corrected chi connectivity index (χ4v) is 3.89. The lowest BCUT2D eigenvalue weighted by molar-refractivity contribution is -0.118. The van der Waals surface area contributed by atoms with Crippen molar-refractivity contribution < 1.29 is 14.3 Å². The first kappa shape index (κ1) is 21.6. The summed E-state index contributed by atoms with van der Waals surface area (Å²) in [4.78, 5) is 27.1. The van der Waals surface area contributed by atoms with E-state index in [0.29, 0.717) is 16.9 Å². The zero-order valence-corrected chi connectivity index (χ0v) is 18.1. The van der Waals surface area contributed by atoms with E-state index >= 15 is 0 Å². The zero-order chi connectivity index (χ0) is 22.2. The van der Waals surface area contributed by atoms with Gasteiger partial charge in [-0.3, -0.25) is 9.59 Å². The van der Waals surface area contributed by atoms with Crippen LogP contribution in [0.1, 0.15) is 41.6 Å². The standard InChI is InChI=1S/C27H28N2O3/c30-26(28-23-12-14-24(15-13-23)29-18-6-1-2-7-19-29)20-32-25-16-10-22(11-17-25)27(31)21-8-4-3-5-9-21/h3-5,8-17H,1-2,6-7,18-20H2,(H,28,30). The van der Waals surface area contributed by atoms with Gasteiger partial charge in [-0.15, -0.1) is 0 Å². The van der Waals surface area contributed by atoms with Crippen molar-refractivity contribution in [1.82, 2.24) is 0 Å². The fourth-order valence-electron chi connectivity index (χ4n) is 3.89. The molecule has 0 spiro atoms. The topological polar surface area (TPSA) is 58.6 Å². The molecule has 1 fully saturated rings. The number of benzene rings is 3. The third-order valence-corrected chi connectivity index (χ3v) is 5.64. The number of ether oxygens (including phenoxy) is 1. The van der Waals surface area contributed by atoms with Crippen LogP contribution < -0.4 is 15.0 Å². The molecule has 164 valence electrons. The summed E-state index contributed by atoms with van der Waals surface area (Å²) >= 11 is 0. The molecule has 1 saturated heterocycles.